The van der Waals surface area contributed by atoms with Gasteiger partial charge in [0.15, 0.2) is 0 Å². The third-order valence-corrected chi connectivity index (χ3v) is 4.33. The predicted molar refractivity (Wildman–Crippen MR) is 87.3 cm³/mol. The van der Waals surface area contributed by atoms with Crippen LogP contribution in [0.5, 0.6) is 0 Å². The minimum Gasteiger partial charge on any atom is -0.382 e. The SMILES string of the molecule is CC1CC(C)(C)c2cc(-c3ccccc3C#N)ccc2N1. The number of fused-ring (bicyclic) bond motifs is 1. The number of rotatable bonds is 1. The summed E-state index contributed by atoms with van der Waals surface area (Å²) in [6.07, 6.45) is 1.11. The van der Waals surface area contributed by atoms with Crippen molar-refractivity contribution in [2.75, 3.05) is 5.32 Å². The number of benzene rings is 2. The smallest absolute Gasteiger partial charge is 0.0998 e. The van der Waals surface area contributed by atoms with Gasteiger partial charge < -0.3 is 5.32 Å². The zero-order valence-electron chi connectivity index (χ0n) is 12.8. The van der Waals surface area contributed by atoms with Gasteiger partial charge in [-0.25, -0.2) is 0 Å². The minimum absolute atomic E-state index is 0.150. The van der Waals surface area contributed by atoms with Crippen LogP contribution in [0.4, 0.5) is 5.69 Å². The molecule has 0 saturated heterocycles. The lowest BCUT2D eigenvalue weighted by atomic mass is 9.75. The summed E-state index contributed by atoms with van der Waals surface area (Å²) in [5.41, 5.74) is 5.57. The van der Waals surface area contributed by atoms with Crippen LogP contribution in [0.15, 0.2) is 42.5 Å². The maximum absolute atomic E-state index is 9.29. The molecule has 1 aliphatic rings. The van der Waals surface area contributed by atoms with Crippen molar-refractivity contribution >= 4 is 5.69 Å². The standard InChI is InChI=1S/C19H20N2/c1-13-11-19(2,3)17-10-14(8-9-18(17)21-13)16-7-5-4-6-15(16)12-20/h4-10,13,21H,11H2,1-3H3. The first-order valence-electron chi connectivity index (χ1n) is 7.42. The van der Waals surface area contributed by atoms with Gasteiger partial charge in [-0.2, -0.15) is 5.26 Å². The lowest BCUT2D eigenvalue weighted by molar-refractivity contribution is 0.434. The molecule has 1 aliphatic heterocycles. The molecule has 1 heterocycles. The summed E-state index contributed by atoms with van der Waals surface area (Å²) >= 11 is 0. The Morgan fingerprint density at radius 3 is 2.71 bits per heavy atom. The molecule has 1 N–H and O–H groups in total. The van der Waals surface area contributed by atoms with E-state index in [0.717, 1.165) is 23.1 Å². The Bertz CT molecular complexity index is 723. The largest absolute Gasteiger partial charge is 0.382 e. The van der Waals surface area contributed by atoms with Crippen molar-refractivity contribution in [2.45, 2.75) is 38.6 Å². The van der Waals surface area contributed by atoms with Gasteiger partial charge in [-0.1, -0.05) is 38.1 Å². The molecule has 0 spiro atoms. The van der Waals surface area contributed by atoms with E-state index in [9.17, 15) is 5.26 Å². The average Bonchev–Trinajstić information content (AvgIpc) is 2.46. The second kappa shape index (κ2) is 4.93. The monoisotopic (exact) mass is 276 g/mol. The molecular formula is C19H20N2. The third-order valence-electron chi connectivity index (χ3n) is 4.33. The van der Waals surface area contributed by atoms with Crippen LogP contribution < -0.4 is 5.32 Å². The molecule has 0 aromatic heterocycles. The summed E-state index contributed by atoms with van der Waals surface area (Å²) in [4.78, 5) is 0. The number of nitrogens with zero attached hydrogens (tertiary/aromatic N) is 1. The first-order valence-corrected chi connectivity index (χ1v) is 7.42. The van der Waals surface area contributed by atoms with Crippen LogP contribution in [0.2, 0.25) is 0 Å². The fraction of sp³-hybridized carbons (Fsp3) is 0.316. The molecular weight excluding hydrogens is 256 g/mol. The van der Waals surface area contributed by atoms with Crippen molar-refractivity contribution in [3.8, 4) is 17.2 Å². The van der Waals surface area contributed by atoms with Gasteiger partial charge in [-0.15, -0.1) is 0 Å². The van der Waals surface area contributed by atoms with Crippen molar-refractivity contribution in [1.29, 1.82) is 5.26 Å². The van der Waals surface area contributed by atoms with E-state index in [1.165, 1.54) is 11.3 Å². The van der Waals surface area contributed by atoms with Crippen LogP contribution in [-0.2, 0) is 5.41 Å². The first kappa shape index (κ1) is 13.7. The fourth-order valence-corrected chi connectivity index (χ4v) is 3.42. The molecule has 2 nitrogen and oxygen atoms in total. The molecule has 1 atom stereocenters. The number of hydrogen-bond acceptors (Lipinski definition) is 2. The van der Waals surface area contributed by atoms with Crippen LogP contribution >= 0.6 is 0 Å². The van der Waals surface area contributed by atoms with E-state index in [1.807, 2.05) is 24.3 Å². The maximum Gasteiger partial charge on any atom is 0.0998 e. The van der Waals surface area contributed by atoms with Crippen LogP contribution in [0, 0.1) is 11.3 Å². The van der Waals surface area contributed by atoms with Crippen molar-refractivity contribution in [1.82, 2.24) is 0 Å². The van der Waals surface area contributed by atoms with Crippen molar-refractivity contribution in [3.63, 3.8) is 0 Å². The van der Waals surface area contributed by atoms with Gasteiger partial charge in [-0.05, 0) is 53.6 Å². The number of hydrogen-bond donors (Lipinski definition) is 1. The Hall–Kier alpha value is -2.27. The Labute approximate surface area is 126 Å². The quantitative estimate of drug-likeness (QED) is 0.819. The summed E-state index contributed by atoms with van der Waals surface area (Å²) < 4.78 is 0. The van der Waals surface area contributed by atoms with Crippen LogP contribution in [0.1, 0.15) is 38.3 Å². The highest BCUT2D eigenvalue weighted by Gasteiger charge is 2.31. The molecule has 0 saturated carbocycles. The van der Waals surface area contributed by atoms with Gasteiger partial charge >= 0.3 is 0 Å². The average molecular weight is 276 g/mol. The summed E-state index contributed by atoms with van der Waals surface area (Å²) in [7, 11) is 0. The van der Waals surface area contributed by atoms with Gasteiger partial charge in [0.05, 0.1) is 11.6 Å². The normalized spacial score (nSPS) is 19.2. The third kappa shape index (κ3) is 2.40. The second-order valence-corrected chi connectivity index (χ2v) is 6.55. The van der Waals surface area contributed by atoms with E-state index in [0.29, 0.717) is 6.04 Å². The zero-order valence-corrected chi connectivity index (χ0v) is 12.8. The van der Waals surface area contributed by atoms with Gasteiger partial charge in [0, 0.05) is 11.7 Å². The number of nitriles is 1. The minimum atomic E-state index is 0.150. The summed E-state index contributed by atoms with van der Waals surface area (Å²) in [5, 5.41) is 12.9. The highest BCUT2D eigenvalue weighted by molar-refractivity contribution is 5.74. The van der Waals surface area contributed by atoms with Gasteiger partial charge in [0.1, 0.15) is 0 Å². The number of nitrogens with one attached hydrogen (secondary N) is 1. The van der Waals surface area contributed by atoms with Crippen LogP contribution in [0.25, 0.3) is 11.1 Å². The van der Waals surface area contributed by atoms with E-state index in [-0.39, 0.29) is 5.41 Å². The topological polar surface area (TPSA) is 35.8 Å². The molecule has 106 valence electrons. The van der Waals surface area contributed by atoms with Crippen molar-refractivity contribution in [3.05, 3.63) is 53.6 Å². The predicted octanol–water partition coefficient (Wildman–Crippen LogP) is 4.71. The molecule has 0 bridgehead atoms. The van der Waals surface area contributed by atoms with Crippen LogP contribution in [0.3, 0.4) is 0 Å². The highest BCUT2D eigenvalue weighted by Crippen LogP contribution is 2.41. The van der Waals surface area contributed by atoms with E-state index < -0.39 is 0 Å². The summed E-state index contributed by atoms with van der Waals surface area (Å²) in [6, 6.07) is 17.1. The fourth-order valence-electron chi connectivity index (χ4n) is 3.42. The summed E-state index contributed by atoms with van der Waals surface area (Å²) in [5.74, 6) is 0. The van der Waals surface area contributed by atoms with E-state index in [2.05, 4.69) is 50.4 Å². The number of anilines is 1. The van der Waals surface area contributed by atoms with Crippen molar-refractivity contribution < 1.29 is 0 Å². The molecule has 0 radical (unpaired) electrons. The van der Waals surface area contributed by atoms with Crippen LogP contribution in [-0.4, -0.2) is 6.04 Å². The van der Waals surface area contributed by atoms with Gasteiger partial charge in [0.25, 0.3) is 0 Å². The molecule has 3 rings (SSSR count). The van der Waals surface area contributed by atoms with Gasteiger partial charge in [0.2, 0.25) is 0 Å². The lowest BCUT2D eigenvalue weighted by Crippen LogP contribution is -2.34. The molecule has 21 heavy (non-hydrogen) atoms. The molecule has 0 aliphatic carbocycles. The highest BCUT2D eigenvalue weighted by atomic mass is 14.9. The molecule has 0 amide bonds. The second-order valence-electron chi connectivity index (χ2n) is 6.55. The molecule has 0 fully saturated rings. The Balaban J connectivity index is 2.14. The molecule has 2 aromatic rings. The Morgan fingerprint density at radius 1 is 1.19 bits per heavy atom. The Morgan fingerprint density at radius 2 is 1.95 bits per heavy atom. The van der Waals surface area contributed by atoms with E-state index in [4.69, 9.17) is 0 Å². The zero-order chi connectivity index (χ0) is 15.0. The first-order chi connectivity index (χ1) is 10.0. The summed E-state index contributed by atoms with van der Waals surface area (Å²) in [6.45, 7) is 6.82. The van der Waals surface area contributed by atoms with E-state index >= 15 is 0 Å². The van der Waals surface area contributed by atoms with Crippen molar-refractivity contribution in [2.24, 2.45) is 0 Å². The van der Waals surface area contributed by atoms with Gasteiger partial charge in [-0.3, -0.25) is 0 Å². The maximum atomic E-state index is 9.29. The lowest BCUT2D eigenvalue weighted by Gasteiger charge is -2.37. The molecule has 2 aromatic carbocycles. The Kier molecular flexibility index (Phi) is 3.22. The molecule has 2 heteroatoms. The molecule has 1 unspecified atom stereocenters. The van der Waals surface area contributed by atoms with E-state index in [1.54, 1.807) is 0 Å².